The number of aryl methyl sites for hydroxylation is 1. The van der Waals surface area contributed by atoms with Crippen molar-refractivity contribution in [2.75, 3.05) is 26.2 Å². The van der Waals surface area contributed by atoms with Crippen molar-refractivity contribution >= 4 is 44.9 Å². The topological polar surface area (TPSA) is 90.6 Å². The van der Waals surface area contributed by atoms with Gasteiger partial charge in [0.1, 0.15) is 5.69 Å². The Kier molecular flexibility index (Phi) is 7.15. The van der Waals surface area contributed by atoms with Gasteiger partial charge in [0.25, 0.3) is 5.91 Å². The third-order valence-electron chi connectivity index (χ3n) is 5.41. The lowest BCUT2D eigenvalue weighted by atomic mass is 10.0. The Bertz CT molecular complexity index is 1120. The van der Waals surface area contributed by atoms with Gasteiger partial charge in [-0.25, -0.2) is 8.42 Å². The molecule has 3 rings (SSSR count). The van der Waals surface area contributed by atoms with Gasteiger partial charge < -0.3 is 9.88 Å². The third-order valence-corrected chi connectivity index (χ3v) is 8.05. The first-order valence-corrected chi connectivity index (χ1v) is 12.2. The van der Waals surface area contributed by atoms with Crippen molar-refractivity contribution in [3.05, 3.63) is 50.8 Å². The Labute approximate surface area is 192 Å². The van der Waals surface area contributed by atoms with E-state index in [1.807, 2.05) is 6.92 Å². The monoisotopic (exact) mass is 485 g/mol. The van der Waals surface area contributed by atoms with Crippen molar-refractivity contribution in [3.63, 3.8) is 0 Å². The number of piperazine rings is 1. The molecule has 1 aromatic heterocycles. The second-order valence-electron chi connectivity index (χ2n) is 7.56. The predicted octanol–water partition coefficient (Wildman–Crippen LogP) is 3.93. The van der Waals surface area contributed by atoms with Crippen molar-refractivity contribution in [2.24, 2.45) is 0 Å². The minimum absolute atomic E-state index is 0.0676. The lowest BCUT2D eigenvalue weighted by Gasteiger charge is -2.34. The van der Waals surface area contributed by atoms with Crippen LogP contribution in [0.1, 0.15) is 52.4 Å². The van der Waals surface area contributed by atoms with Crippen LogP contribution in [-0.4, -0.2) is 60.5 Å². The average Bonchev–Trinajstić information content (AvgIpc) is 3.06. The molecule has 1 fully saturated rings. The highest BCUT2D eigenvalue weighted by molar-refractivity contribution is 7.89. The molecule has 10 heteroatoms. The molecule has 1 amide bonds. The molecule has 0 aliphatic carbocycles. The van der Waals surface area contributed by atoms with E-state index in [9.17, 15) is 18.0 Å². The van der Waals surface area contributed by atoms with E-state index in [0.29, 0.717) is 23.4 Å². The molecule has 1 aliphatic heterocycles. The highest BCUT2D eigenvalue weighted by Gasteiger charge is 2.32. The number of amides is 1. The van der Waals surface area contributed by atoms with E-state index in [2.05, 4.69) is 4.98 Å². The number of carbonyl (C=O) groups is 2. The van der Waals surface area contributed by atoms with Crippen LogP contribution >= 0.6 is 23.2 Å². The fourth-order valence-corrected chi connectivity index (χ4v) is 5.72. The van der Waals surface area contributed by atoms with Gasteiger partial charge in [0.05, 0.1) is 14.9 Å². The summed E-state index contributed by atoms with van der Waals surface area (Å²) in [5.41, 5.74) is 2.42. The third kappa shape index (κ3) is 4.67. The van der Waals surface area contributed by atoms with E-state index in [1.165, 1.54) is 29.4 Å². The van der Waals surface area contributed by atoms with Crippen LogP contribution in [0.15, 0.2) is 23.1 Å². The Morgan fingerprint density at radius 1 is 1.10 bits per heavy atom. The number of aromatic nitrogens is 1. The van der Waals surface area contributed by atoms with Gasteiger partial charge in [-0.15, -0.1) is 0 Å². The zero-order chi connectivity index (χ0) is 22.9. The van der Waals surface area contributed by atoms with E-state index in [4.69, 9.17) is 23.2 Å². The SMILES string of the molecule is CCCc1c(C(=O)N2CCN(S(=O)(=O)c3ccc(Cl)c(Cl)c3)CC2)[nH]c(C)c1C(C)=O. The second-order valence-corrected chi connectivity index (χ2v) is 10.3. The van der Waals surface area contributed by atoms with Crippen molar-refractivity contribution in [1.29, 1.82) is 0 Å². The van der Waals surface area contributed by atoms with Gasteiger partial charge in [0.15, 0.2) is 5.78 Å². The summed E-state index contributed by atoms with van der Waals surface area (Å²) in [4.78, 5) is 30.0. The van der Waals surface area contributed by atoms with E-state index in [0.717, 1.165) is 12.0 Å². The average molecular weight is 486 g/mol. The molecule has 168 valence electrons. The quantitative estimate of drug-likeness (QED) is 0.627. The van der Waals surface area contributed by atoms with E-state index in [-0.39, 0.29) is 52.8 Å². The van der Waals surface area contributed by atoms with Crippen LogP contribution < -0.4 is 0 Å². The standard InChI is InChI=1S/C21H25Cl2N3O4S/c1-4-5-16-19(14(3)27)13(2)24-20(16)21(28)25-8-10-26(11-9-25)31(29,30)15-6-7-17(22)18(23)12-15/h6-7,12,24H,4-5,8-11H2,1-3H3. The number of nitrogens with zero attached hydrogens (tertiary/aromatic N) is 2. The van der Waals surface area contributed by atoms with Crippen molar-refractivity contribution < 1.29 is 18.0 Å². The maximum Gasteiger partial charge on any atom is 0.270 e. The number of ketones is 1. The summed E-state index contributed by atoms with van der Waals surface area (Å²) in [6.45, 7) is 6.10. The van der Waals surface area contributed by atoms with Gasteiger partial charge in [0.2, 0.25) is 10.0 Å². The summed E-state index contributed by atoms with van der Waals surface area (Å²) >= 11 is 11.9. The zero-order valence-electron chi connectivity index (χ0n) is 17.7. The maximum atomic E-state index is 13.2. The molecule has 0 unspecified atom stereocenters. The van der Waals surface area contributed by atoms with E-state index < -0.39 is 10.0 Å². The molecule has 0 atom stereocenters. The number of hydrogen-bond donors (Lipinski definition) is 1. The minimum Gasteiger partial charge on any atom is -0.354 e. The molecule has 1 aromatic carbocycles. The number of carbonyl (C=O) groups excluding carboxylic acids is 2. The van der Waals surface area contributed by atoms with Gasteiger partial charge >= 0.3 is 0 Å². The molecule has 0 spiro atoms. The molecule has 1 aliphatic rings. The molecule has 1 N–H and O–H groups in total. The molecule has 0 saturated carbocycles. The zero-order valence-corrected chi connectivity index (χ0v) is 20.0. The summed E-state index contributed by atoms with van der Waals surface area (Å²) in [5.74, 6) is -0.292. The van der Waals surface area contributed by atoms with Crippen LogP contribution in [0.4, 0.5) is 0 Å². The largest absolute Gasteiger partial charge is 0.354 e. The lowest BCUT2D eigenvalue weighted by molar-refractivity contribution is 0.0691. The first-order chi connectivity index (χ1) is 14.6. The summed E-state index contributed by atoms with van der Waals surface area (Å²) in [6.07, 6.45) is 1.42. The number of nitrogens with one attached hydrogen (secondary N) is 1. The molecule has 2 heterocycles. The van der Waals surface area contributed by atoms with Crippen molar-refractivity contribution in [2.45, 2.75) is 38.5 Å². The maximum absolute atomic E-state index is 13.2. The first kappa shape index (κ1) is 23.8. The smallest absolute Gasteiger partial charge is 0.270 e. The lowest BCUT2D eigenvalue weighted by Crippen LogP contribution is -2.50. The number of halogens is 2. The Hall–Kier alpha value is -1.87. The van der Waals surface area contributed by atoms with Gasteiger partial charge in [0, 0.05) is 37.4 Å². The normalized spacial score (nSPS) is 15.3. The molecule has 2 aromatic rings. The molecular formula is C21H25Cl2N3O4S. The summed E-state index contributed by atoms with van der Waals surface area (Å²) in [5, 5.41) is 0.452. The summed E-state index contributed by atoms with van der Waals surface area (Å²) in [6, 6.07) is 4.20. The van der Waals surface area contributed by atoms with Crippen LogP contribution in [0.5, 0.6) is 0 Å². The van der Waals surface area contributed by atoms with Crippen molar-refractivity contribution in [1.82, 2.24) is 14.2 Å². The van der Waals surface area contributed by atoms with E-state index >= 15 is 0 Å². The fraction of sp³-hybridized carbons (Fsp3) is 0.429. The molecule has 0 radical (unpaired) electrons. The van der Waals surface area contributed by atoms with Gasteiger partial charge in [-0.05, 0) is 44.0 Å². The Morgan fingerprint density at radius 2 is 1.74 bits per heavy atom. The van der Waals surface area contributed by atoms with Crippen LogP contribution in [-0.2, 0) is 16.4 Å². The number of sulfonamides is 1. The van der Waals surface area contributed by atoms with Crippen LogP contribution in [0.3, 0.4) is 0 Å². The molecule has 0 bridgehead atoms. The Morgan fingerprint density at radius 3 is 2.29 bits per heavy atom. The van der Waals surface area contributed by atoms with Crippen LogP contribution in [0, 0.1) is 6.92 Å². The number of aromatic amines is 1. The molecule has 7 nitrogen and oxygen atoms in total. The number of Topliss-reactive ketones (excluding diaryl/α,β-unsaturated/α-hetero) is 1. The number of rotatable bonds is 6. The van der Waals surface area contributed by atoms with Crippen LogP contribution in [0.25, 0.3) is 0 Å². The minimum atomic E-state index is -3.75. The highest BCUT2D eigenvalue weighted by atomic mass is 35.5. The Balaban J connectivity index is 1.78. The summed E-state index contributed by atoms with van der Waals surface area (Å²) in [7, 11) is -3.75. The number of H-pyrrole nitrogens is 1. The van der Waals surface area contributed by atoms with Gasteiger partial charge in [-0.3, -0.25) is 9.59 Å². The molecule has 1 saturated heterocycles. The number of benzene rings is 1. The van der Waals surface area contributed by atoms with Gasteiger partial charge in [-0.1, -0.05) is 36.5 Å². The predicted molar refractivity (Wildman–Crippen MR) is 121 cm³/mol. The second kappa shape index (κ2) is 9.32. The fourth-order valence-electron chi connectivity index (χ4n) is 3.91. The van der Waals surface area contributed by atoms with E-state index in [1.54, 1.807) is 11.8 Å². The highest BCUT2D eigenvalue weighted by Crippen LogP contribution is 2.28. The van der Waals surface area contributed by atoms with Crippen LogP contribution in [0.2, 0.25) is 10.0 Å². The van der Waals surface area contributed by atoms with Crippen molar-refractivity contribution in [3.8, 4) is 0 Å². The van der Waals surface area contributed by atoms with Gasteiger partial charge in [-0.2, -0.15) is 4.31 Å². The molecular weight excluding hydrogens is 461 g/mol. The number of hydrogen-bond acceptors (Lipinski definition) is 4. The first-order valence-electron chi connectivity index (χ1n) is 10.0. The molecule has 31 heavy (non-hydrogen) atoms. The summed E-state index contributed by atoms with van der Waals surface area (Å²) < 4.78 is 27.2.